The van der Waals surface area contributed by atoms with Crippen molar-refractivity contribution < 1.29 is 19.4 Å². The Labute approximate surface area is 117 Å². The molecule has 0 aliphatic heterocycles. The number of ether oxygens (including phenoxy) is 1. The van der Waals surface area contributed by atoms with Gasteiger partial charge in [-0.1, -0.05) is 12.7 Å². The number of carbonyl (C=O) groups is 2. The Morgan fingerprint density at radius 3 is 2.89 bits per heavy atom. The number of nitrogens with one attached hydrogen (secondary N) is 1. The predicted molar refractivity (Wildman–Crippen MR) is 71.8 cm³/mol. The summed E-state index contributed by atoms with van der Waals surface area (Å²) in [5, 5.41) is 13.1. The van der Waals surface area contributed by atoms with E-state index in [1.807, 2.05) is 11.4 Å². The van der Waals surface area contributed by atoms with Crippen LogP contribution in [-0.2, 0) is 16.0 Å². The van der Waals surface area contributed by atoms with E-state index in [1.54, 1.807) is 0 Å². The maximum absolute atomic E-state index is 11.3. The molecule has 0 bridgehead atoms. The average Bonchev–Trinajstić information content (AvgIpc) is 2.71. The van der Waals surface area contributed by atoms with Crippen LogP contribution in [0.15, 0.2) is 27.9 Å². The van der Waals surface area contributed by atoms with Crippen molar-refractivity contribution in [2.24, 2.45) is 0 Å². The highest BCUT2D eigenvalue weighted by Crippen LogP contribution is 2.21. The lowest BCUT2D eigenvalue weighted by Crippen LogP contribution is -2.42. The zero-order chi connectivity index (χ0) is 13.5. The molecule has 1 rings (SSSR count). The van der Waals surface area contributed by atoms with E-state index in [4.69, 9.17) is 5.11 Å². The topological polar surface area (TPSA) is 75.6 Å². The van der Waals surface area contributed by atoms with E-state index >= 15 is 0 Å². The Balaban J connectivity index is 2.57. The summed E-state index contributed by atoms with van der Waals surface area (Å²) >= 11 is 4.75. The first-order chi connectivity index (χ1) is 8.52. The van der Waals surface area contributed by atoms with Crippen LogP contribution in [0.5, 0.6) is 0 Å². The standard InChI is InChI=1S/C11H12BrNO4S/c1-2-3-17-11(16)13-8(10(14)15)4-7-5-9(12)18-6-7/h2,5-6,8H,1,3-4H2,(H,13,16)(H,14,15)/t8-/m0/s1. The Morgan fingerprint density at radius 2 is 2.39 bits per heavy atom. The van der Waals surface area contributed by atoms with Gasteiger partial charge in [0.15, 0.2) is 0 Å². The van der Waals surface area contributed by atoms with Gasteiger partial charge >= 0.3 is 12.1 Å². The molecule has 0 saturated heterocycles. The third-order valence-corrected chi connectivity index (χ3v) is 3.54. The Bertz CT molecular complexity index is 446. The number of thiophene rings is 1. The largest absolute Gasteiger partial charge is 0.480 e. The molecular weight excluding hydrogens is 322 g/mol. The Morgan fingerprint density at radius 1 is 1.67 bits per heavy atom. The summed E-state index contributed by atoms with van der Waals surface area (Å²) in [6.07, 6.45) is 0.850. The van der Waals surface area contributed by atoms with Gasteiger partial charge in [-0.3, -0.25) is 0 Å². The normalized spacial score (nSPS) is 11.6. The van der Waals surface area contributed by atoms with Crippen LogP contribution in [0, 0.1) is 0 Å². The smallest absolute Gasteiger partial charge is 0.408 e. The van der Waals surface area contributed by atoms with E-state index in [2.05, 4.69) is 32.6 Å². The summed E-state index contributed by atoms with van der Waals surface area (Å²) in [5.41, 5.74) is 0.836. The van der Waals surface area contributed by atoms with E-state index in [0.29, 0.717) is 0 Å². The van der Waals surface area contributed by atoms with Gasteiger partial charge < -0.3 is 15.2 Å². The lowest BCUT2D eigenvalue weighted by molar-refractivity contribution is -0.139. The minimum Gasteiger partial charge on any atom is -0.480 e. The van der Waals surface area contributed by atoms with Crippen LogP contribution in [0.1, 0.15) is 5.56 Å². The Hall–Kier alpha value is -1.34. The fourth-order valence-electron chi connectivity index (χ4n) is 1.21. The van der Waals surface area contributed by atoms with Gasteiger partial charge in [0, 0.05) is 6.42 Å². The SMILES string of the molecule is C=CCOC(=O)N[C@@H](Cc1csc(Br)c1)C(=O)O. The molecular formula is C11H12BrNO4S. The van der Waals surface area contributed by atoms with Crippen molar-refractivity contribution in [2.75, 3.05) is 6.61 Å². The highest BCUT2D eigenvalue weighted by Gasteiger charge is 2.21. The lowest BCUT2D eigenvalue weighted by atomic mass is 10.1. The van der Waals surface area contributed by atoms with Crippen LogP contribution in [0.2, 0.25) is 0 Å². The number of carboxylic acid groups (broad SMARTS) is 1. The van der Waals surface area contributed by atoms with Crippen LogP contribution in [-0.4, -0.2) is 29.8 Å². The highest BCUT2D eigenvalue weighted by molar-refractivity contribution is 9.11. The molecule has 0 saturated carbocycles. The number of carboxylic acids is 1. The molecule has 0 unspecified atom stereocenters. The summed E-state index contributed by atoms with van der Waals surface area (Å²) in [7, 11) is 0. The molecule has 18 heavy (non-hydrogen) atoms. The van der Waals surface area contributed by atoms with Gasteiger partial charge in [-0.05, 0) is 32.9 Å². The number of rotatable bonds is 6. The van der Waals surface area contributed by atoms with Gasteiger partial charge in [0.1, 0.15) is 12.6 Å². The van der Waals surface area contributed by atoms with Gasteiger partial charge in [-0.25, -0.2) is 9.59 Å². The molecule has 0 fully saturated rings. The fraction of sp³-hybridized carbons (Fsp3) is 0.273. The maximum Gasteiger partial charge on any atom is 0.408 e. The van der Waals surface area contributed by atoms with Crippen molar-refractivity contribution in [3.8, 4) is 0 Å². The molecule has 1 amide bonds. The molecule has 7 heteroatoms. The van der Waals surface area contributed by atoms with Gasteiger partial charge in [-0.15, -0.1) is 11.3 Å². The van der Waals surface area contributed by atoms with Crippen LogP contribution in [0.4, 0.5) is 4.79 Å². The first-order valence-electron chi connectivity index (χ1n) is 5.03. The van der Waals surface area contributed by atoms with Crippen LogP contribution in [0.3, 0.4) is 0 Å². The predicted octanol–water partition coefficient (Wildman–Crippen LogP) is 2.42. The molecule has 98 valence electrons. The number of hydrogen-bond donors (Lipinski definition) is 2. The third kappa shape index (κ3) is 4.89. The van der Waals surface area contributed by atoms with E-state index < -0.39 is 18.1 Å². The van der Waals surface area contributed by atoms with E-state index in [0.717, 1.165) is 9.35 Å². The zero-order valence-corrected chi connectivity index (χ0v) is 11.8. The van der Waals surface area contributed by atoms with Crippen molar-refractivity contribution in [3.05, 3.63) is 33.5 Å². The monoisotopic (exact) mass is 333 g/mol. The van der Waals surface area contributed by atoms with Crippen molar-refractivity contribution in [2.45, 2.75) is 12.5 Å². The molecule has 0 aliphatic rings. The van der Waals surface area contributed by atoms with Gasteiger partial charge in [0.05, 0.1) is 3.79 Å². The molecule has 0 spiro atoms. The minimum atomic E-state index is -1.10. The van der Waals surface area contributed by atoms with E-state index in [1.165, 1.54) is 17.4 Å². The summed E-state index contributed by atoms with van der Waals surface area (Å²) in [5.74, 6) is -1.10. The number of hydrogen-bond acceptors (Lipinski definition) is 4. The summed E-state index contributed by atoms with van der Waals surface area (Å²) in [4.78, 5) is 22.3. The highest BCUT2D eigenvalue weighted by atomic mass is 79.9. The summed E-state index contributed by atoms with van der Waals surface area (Å²) in [6.45, 7) is 3.44. The van der Waals surface area contributed by atoms with Crippen molar-refractivity contribution >= 4 is 39.3 Å². The van der Waals surface area contributed by atoms with E-state index in [9.17, 15) is 9.59 Å². The minimum absolute atomic E-state index is 0.0438. The van der Waals surface area contributed by atoms with Crippen LogP contribution in [0.25, 0.3) is 0 Å². The second-order valence-corrected chi connectivity index (χ2v) is 5.68. The second kappa shape index (κ2) is 7.17. The van der Waals surface area contributed by atoms with Crippen molar-refractivity contribution in [1.82, 2.24) is 5.32 Å². The molecule has 1 aromatic rings. The molecule has 5 nitrogen and oxygen atoms in total. The molecule has 1 atom stereocenters. The molecule has 1 heterocycles. The van der Waals surface area contributed by atoms with Gasteiger partial charge in [0.2, 0.25) is 0 Å². The third-order valence-electron chi connectivity index (χ3n) is 1.98. The van der Waals surface area contributed by atoms with Crippen LogP contribution < -0.4 is 5.32 Å². The maximum atomic E-state index is 11.3. The molecule has 0 aliphatic carbocycles. The Kier molecular flexibility index (Phi) is 5.87. The summed E-state index contributed by atoms with van der Waals surface area (Å²) < 4.78 is 5.59. The van der Waals surface area contributed by atoms with Crippen LogP contribution >= 0.6 is 27.3 Å². The average molecular weight is 334 g/mol. The van der Waals surface area contributed by atoms with Gasteiger partial charge in [0.25, 0.3) is 0 Å². The first kappa shape index (κ1) is 14.7. The number of aliphatic carboxylic acids is 1. The fourth-order valence-corrected chi connectivity index (χ4v) is 2.43. The quantitative estimate of drug-likeness (QED) is 0.784. The van der Waals surface area contributed by atoms with Crippen molar-refractivity contribution in [1.29, 1.82) is 0 Å². The zero-order valence-electron chi connectivity index (χ0n) is 9.39. The number of alkyl carbamates (subject to hydrolysis) is 1. The molecule has 0 radical (unpaired) electrons. The first-order valence-corrected chi connectivity index (χ1v) is 6.70. The number of amides is 1. The summed E-state index contributed by atoms with van der Waals surface area (Å²) in [6, 6.07) is 0.806. The number of carbonyl (C=O) groups excluding carboxylic acids is 1. The lowest BCUT2D eigenvalue weighted by Gasteiger charge is -2.13. The van der Waals surface area contributed by atoms with Crippen molar-refractivity contribution in [3.63, 3.8) is 0 Å². The second-order valence-electron chi connectivity index (χ2n) is 3.39. The van der Waals surface area contributed by atoms with Gasteiger partial charge in [-0.2, -0.15) is 0 Å². The number of halogens is 1. The molecule has 2 N–H and O–H groups in total. The molecule has 1 aromatic heterocycles. The van der Waals surface area contributed by atoms with E-state index in [-0.39, 0.29) is 13.0 Å². The molecule has 0 aromatic carbocycles.